The zero-order valence-corrected chi connectivity index (χ0v) is 13.1. The molecule has 2 N–H and O–H groups in total. The maximum Gasteiger partial charge on any atom is 0.326 e. The van der Waals surface area contributed by atoms with Gasteiger partial charge < -0.3 is 15.2 Å². The van der Waals surface area contributed by atoms with Gasteiger partial charge in [-0.15, -0.1) is 0 Å². The van der Waals surface area contributed by atoms with Crippen LogP contribution in [0.5, 0.6) is 5.75 Å². The number of rotatable bonds is 5. The van der Waals surface area contributed by atoms with Crippen LogP contribution in [0.3, 0.4) is 0 Å². The fraction of sp³-hybridized carbons (Fsp3) is 0.500. The van der Waals surface area contributed by atoms with Crippen LogP contribution in [0.1, 0.15) is 45.0 Å². The third-order valence-corrected chi connectivity index (χ3v) is 2.88. The summed E-state index contributed by atoms with van der Waals surface area (Å²) in [7, 11) is 0. The van der Waals surface area contributed by atoms with E-state index >= 15 is 0 Å². The number of hydrogen-bond donors (Lipinski definition) is 2. The van der Waals surface area contributed by atoms with E-state index in [-0.39, 0.29) is 6.10 Å². The van der Waals surface area contributed by atoms with E-state index in [1.54, 1.807) is 45.0 Å². The second-order valence-electron chi connectivity index (χ2n) is 6.30. The van der Waals surface area contributed by atoms with Crippen LogP contribution in [-0.2, 0) is 4.79 Å². The minimum absolute atomic E-state index is 0.0574. The third-order valence-electron chi connectivity index (χ3n) is 2.88. The van der Waals surface area contributed by atoms with Crippen molar-refractivity contribution in [3.05, 3.63) is 29.8 Å². The van der Waals surface area contributed by atoms with Crippen molar-refractivity contribution in [2.75, 3.05) is 0 Å². The average Bonchev–Trinajstić information content (AvgIpc) is 2.34. The molecule has 21 heavy (non-hydrogen) atoms. The van der Waals surface area contributed by atoms with E-state index in [1.807, 2.05) is 13.8 Å². The molecule has 0 fully saturated rings. The molecule has 1 aromatic rings. The van der Waals surface area contributed by atoms with Gasteiger partial charge in [0.2, 0.25) is 0 Å². The van der Waals surface area contributed by atoms with Gasteiger partial charge in [0, 0.05) is 5.56 Å². The summed E-state index contributed by atoms with van der Waals surface area (Å²) in [5, 5.41) is 11.8. The van der Waals surface area contributed by atoms with Crippen LogP contribution in [0.15, 0.2) is 24.3 Å². The minimum atomic E-state index is -1.05. The van der Waals surface area contributed by atoms with Crippen LogP contribution >= 0.6 is 0 Å². The largest absolute Gasteiger partial charge is 0.491 e. The summed E-state index contributed by atoms with van der Waals surface area (Å²) >= 11 is 0. The number of ether oxygens (including phenoxy) is 1. The highest BCUT2D eigenvalue weighted by molar-refractivity contribution is 5.96. The normalized spacial score (nSPS) is 12.9. The quantitative estimate of drug-likeness (QED) is 0.875. The Bertz CT molecular complexity index is 500. The summed E-state index contributed by atoms with van der Waals surface area (Å²) in [6, 6.07) is 5.68. The predicted octanol–water partition coefficient (Wildman–Crippen LogP) is 2.70. The summed E-state index contributed by atoms with van der Waals surface area (Å²) in [5.74, 6) is -0.781. The Morgan fingerprint density at radius 1 is 1.14 bits per heavy atom. The molecule has 0 saturated heterocycles. The van der Waals surface area contributed by atoms with Gasteiger partial charge in [-0.3, -0.25) is 4.79 Å². The Morgan fingerprint density at radius 3 is 2.05 bits per heavy atom. The van der Waals surface area contributed by atoms with Crippen LogP contribution in [0.2, 0.25) is 0 Å². The predicted molar refractivity (Wildman–Crippen MR) is 80.6 cm³/mol. The molecule has 0 aliphatic heterocycles. The number of amides is 1. The molecule has 0 heterocycles. The number of carbonyl (C=O) groups is 2. The molecule has 1 amide bonds. The van der Waals surface area contributed by atoms with Gasteiger partial charge in [-0.25, -0.2) is 4.79 Å². The van der Waals surface area contributed by atoms with Crippen LogP contribution in [-0.4, -0.2) is 29.1 Å². The molecule has 0 radical (unpaired) electrons. The molecule has 1 unspecified atom stereocenters. The fourth-order valence-corrected chi connectivity index (χ4v) is 1.82. The van der Waals surface area contributed by atoms with E-state index in [0.29, 0.717) is 11.3 Å². The van der Waals surface area contributed by atoms with Crippen molar-refractivity contribution < 1.29 is 19.4 Å². The number of aliphatic carboxylic acids is 1. The van der Waals surface area contributed by atoms with E-state index in [4.69, 9.17) is 4.74 Å². The first kappa shape index (κ1) is 17.0. The summed E-state index contributed by atoms with van der Waals surface area (Å²) in [6.07, 6.45) is 0.0574. The van der Waals surface area contributed by atoms with E-state index in [0.717, 1.165) is 0 Å². The number of benzene rings is 1. The van der Waals surface area contributed by atoms with Crippen LogP contribution in [0.4, 0.5) is 0 Å². The molecule has 1 rings (SSSR count). The molecule has 5 heteroatoms. The SMILES string of the molecule is CC(C)Oc1ccc(C(=O)NC(C(=O)O)C(C)(C)C)cc1. The summed E-state index contributed by atoms with van der Waals surface area (Å²) in [4.78, 5) is 23.4. The lowest BCUT2D eigenvalue weighted by molar-refractivity contribution is -0.142. The smallest absolute Gasteiger partial charge is 0.326 e. The van der Waals surface area contributed by atoms with Crippen LogP contribution in [0.25, 0.3) is 0 Å². The molecule has 0 aliphatic carbocycles. The number of hydrogen-bond acceptors (Lipinski definition) is 3. The molecule has 0 spiro atoms. The number of nitrogens with one attached hydrogen (secondary N) is 1. The second kappa shape index (κ2) is 6.61. The topological polar surface area (TPSA) is 75.6 Å². The third kappa shape index (κ3) is 5.10. The minimum Gasteiger partial charge on any atom is -0.491 e. The van der Waals surface area contributed by atoms with E-state index in [1.165, 1.54) is 0 Å². The molecule has 0 aromatic heterocycles. The van der Waals surface area contributed by atoms with Crippen molar-refractivity contribution in [1.29, 1.82) is 0 Å². The Kier molecular flexibility index (Phi) is 5.35. The van der Waals surface area contributed by atoms with Gasteiger partial charge in [-0.2, -0.15) is 0 Å². The van der Waals surface area contributed by atoms with Crippen molar-refractivity contribution in [1.82, 2.24) is 5.32 Å². The first-order valence-electron chi connectivity index (χ1n) is 6.91. The first-order valence-corrected chi connectivity index (χ1v) is 6.91. The number of carbonyl (C=O) groups excluding carboxylic acids is 1. The Morgan fingerprint density at radius 2 is 1.67 bits per heavy atom. The lowest BCUT2D eigenvalue weighted by Crippen LogP contribution is -2.49. The molecule has 5 nitrogen and oxygen atoms in total. The van der Waals surface area contributed by atoms with Gasteiger partial charge >= 0.3 is 5.97 Å². The van der Waals surface area contributed by atoms with Crippen molar-refractivity contribution in [3.8, 4) is 5.75 Å². The fourth-order valence-electron chi connectivity index (χ4n) is 1.82. The van der Waals surface area contributed by atoms with Crippen molar-refractivity contribution >= 4 is 11.9 Å². The maximum atomic E-state index is 12.1. The number of carboxylic acids is 1. The van der Waals surface area contributed by atoms with Gasteiger partial charge in [-0.05, 0) is 43.5 Å². The molecule has 0 aliphatic rings. The molecular weight excluding hydrogens is 270 g/mol. The van der Waals surface area contributed by atoms with E-state index < -0.39 is 23.3 Å². The molecule has 1 aromatic carbocycles. The molecule has 0 saturated carbocycles. The molecular formula is C16H23NO4. The van der Waals surface area contributed by atoms with Crippen molar-refractivity contribution in [2.45, 2.75) is 46.8 Å². The van der Waals surface area contributed by atoms with Gasteiger partial charge in [0.1, 0.15) is 11.8 Å². The maximum absolute atomic E-state index is 12.1. The lowest BCUT2D eigenvalue weighted by Gasteiger charge is -2.27. The Balaban J connectivity index is 2.81. The zero-order valence-electron chi connectivity index (χ0n) is 13.1. The Labute approximate surface area is 125 Å². The van der Waals surface area contributed by atoms with Crippen molar-refractivity contribution in [3.63, 3.8) is 0 Å². The highest BCUT2D eigenvalue weighted by Gasteiger charge is 2.32. The van der Waals surface area contributed by atoms with Crippen LogP contribution < -0.4 is 10.1 Å². The van der Waals surface area contributed by atoms with E-state index in [9.17, 15) is 14.7 Å². The highest BCUT2D eigenvalue weighted by Crippen LogP contribution is 2.20. The highest BCUT2D eigenvalue weighted by atomic mass is 16.5. The van der Waals surface area contributed by atoms with E-state index in [2.05, 4.69) is 5.32 Å². The van der Waals surface area contributed by atoms with Gasteiger partial charge in [0.05, 0.1) is 6.10 Å². The molecule has 116 valence electrons. The standard InChI is InChI=1S/C16H23NO4/c1-10(2)21-12-8-6-11(7-9-12)14(18)17-13(15(19)20)16(3,4)5/h6-10,13H,1-5H3,(H,17,18)(H,19,20). The first-order chi connectivity index (χ1) is 9.61. The summed E-state index contributed by atoms with van der Waals surface area (Å²) in [6.45, 7) is 9.14. The van der Waals surface area contributed by atoms with Crippen molar-refractivity contribution in [2.24, 2.45) is 5.41 Å². The van der Waals surface area contributed by atoms with Gasteiger partial charge in [0.25, 0.3) is 5.91 Å². The number of carboxylic acid groups (broad SMARTS) is 1. The monoisotopic (exact) mass is 293 g/mol. The van der Waals surface area contributed by atoms with Gasteiger partial charge in [-0.1, -0.05) is 20.8 Å². The van der Waals surface area contributed by atoms with Gasteiger partial charge in [0.15, 0.2) is 0 Å². The zero-order chi connectivity index (χ0) is 16.2. The average molecular weight is 293 g/mol. The molecule has 1 atom stereocenters. The summed E-state index contributed by atoms with van der Waals surface area (Å²) in [5.41, 5.74) is -0.163. The Hall–Kier alpha value is -2.04. The lowest BCUT2D eigenvalue weighted by atomic mass is 9.86. The second-order valence-corrected chi connectivity index (χ2v) is 6.30. The summed E-state index contributed by atoms with van der Waals surface area (Å²) < 4.78 is 5.50. The molecule has 0 bridgehead atoms. The van der Waals surface area contributed by atoms with Crippen LogP contribution in [0, 0.1) is 5.41 Å².